The molecule has 1 nitrogen and oxygen atoms in total. The van der Waals surface area contributed by atoms with Gasteiger partial charge in [0.05, 0.1) is 0 Å². The maximum Gasteiger partial charge on any atom is 0.0349 e. The Hall–Kier alpha value is -0.980. The van der Waals surface area contributed by atoms with Crippen molar-refractivity contribution in [2.75, 3.05) is 5.73 Å². The van der Waals surface area contributed by atoms with Crippen molar-refractivity contribution >= 4 is 5.69 Å². The second kappa shape index (κ2) is 7.33. The molecule has 0 aliphatic heterocycles. The predicted molar refractivity (Wildman–Crippen MR) is 70.3 cm³/mol. The SMILES string of the molecule is CC.CC.Cc1ccc(N)c2c1CCC2. The van der Waals surface area contributed by atoms with Gasteiger partial charge in [0.15, 0.2) is 0 Å². The Morgan fingerprint density at radius 2 is 1.47 bits per heavy atom. The van der Waals surface area contributed by atoms with Crippen LogP contribution in [0.1, 0.15) is 50.8 Å². The van der Waals surface area contributed by atoms with Gasteiger partial charge in [-0.05, 0) is 48.9 Å². The zero-order valence-corrected chi connectivity index (χ0v) is 10.9. The highest BCUT2D eigenvalue weighted by atomic mass is 14.6. The zero-order valence-electron chi connectivity index (χ0n) is 10.9. The maximum absolute atomic E-state index is 5.84. The quantitative estimate of drug-likeness (QED) is 0.636. The first-order chi connectivity index (χ1) is 7.29. The van der Waals surface area contributed by atoms with Gasteiger partial charge in [-0.15, -0.1) is 0 Å². The minimum Gasteiger partial charge on any atom is -0.398 e. The maximum atomic E-state index is 5.84. The molecular weight excluding hydrogens is 182 g/mol. The van der Waals surface area contributed by atoms with Crippen LogP contribution in [-0.4, -0.2) is 0 Å². The Balaban J connectivity index is 0.000000442. The van der Waals surface area contributed by atoms with Crippen LogP contribution in [0.15, 0.2) is 12.1 Å². The van der Waals surface area contributed by atoms with Crippen LogP contribution in [0.2, 0.25) is 0 Å². The second-order valence-corrected chi connectivity index (χ2v) is 3.28. The fourth-order valence-corrected chi connectivity index (χ4v) is 1.91. The fraction of sp³-hybridized carbons (Fsp3) is 0.571. The molecule has 0 fully saturated rings. The van der Waals surface area contributed by atoms with E-state index in [-0.39, 0.29) is 0 Å². The lowest BCUT2D eigenvalue weighted by Crippen LogP contribution is -1.94. The molecule has 0 bridgehead atoms. The van der Waals surface area contributed by atoms with E-state index in [0.29, 0.717) is 0 Å². The van der Waals surface area contributed by atoms with E-state index < -0.39 is 0 Å². The van der Waals surface area contributed by atoms with Gasteiger partial charge in [0.1, 0.15) is 0 Å². The van der Waals surface area contributed by atoms with E-state index in [1.165, 1.54) is 36.0 Å². The monoisotopic (exact) mass is 207 g/mol. The molecule has 0 saturated carbocycles. The van der Waals surface area contributed by atoms with Gasteiger partial charge >= 0.3 is 0 Å². The largest absolute Gasteiger partial charge is 0.398 e. The Morgan fingerprint density at radius 1 is 0.933 bits per heavy atom. The van der Waals surface area contributed by atoms with Gasteiger partial charge in [0.2, 0.25) is 0 Å². The molecule has 2 N–H and O–H groups in total. The molecule has 0 amide bonds. The lowest BCUT2D eigenvalue weighted by atomic mass is 10.0. The van der Waals surface area contributed by atoms with Gasteiger partial charge in [-0.2, -0.15) is 0 Å². The highest BCUT2D eigenvalue weighted by Gasteiger charge is 2.14. The van der Waals surface area contributed by atoms with Crippen molar-refractivity contribution in [3.05, 3.63) is 28.8 Å². The van der Waals surface area contributed by atoms with Gasteiger partial charge in [0, 0.05) is 5.69 Å². The predicted octanol–water partition coefficient (Wildman–Crippen LogP) is 4.12. The summed E-state index contributed by atoms with van der Waals surface area (Å²) < 4.78 is 0. The van der Waals surface area contributed by atoms with Crippen molar-refractivity contribution in [2.24, 2.45) is 0 Å². The minimum absolute atomic E-state index is 0.989. The number of hydrogen-bond donors (Lipinski definition) is 1. The van der Waals surface area contributed by atoms with Crippen molar-refractivity contribution in [2.45, 2.75) is 53.9 Å². The van der Waals surface area contributed by atoms with Crippen LogP contribution in [-0.2, 0) is 12.8 Å². The van der Waals surface area contributed by atoms with Crippen molar-refractivity contribution in [1.82, 2.24) is 0 Å². The molecule has 0 heterocycles. The van der Waals surface area contributed by atoms with E-state index in [0.717, 1.165) is 5.69 Å². The standard InChI is InChI=1S/C10H13N.2C2H6/c1-7-5-6-10(11)9-4-2-3-8(7)9;2*1-2/h5-6H,2-4,11H2,1H3;2*1-2H3. The Bertz CT molecular complexity index is 261. The summed E-state index contributed by atoms with van der Waals surface area (Å²) in [7, 11) is 0. The van der Waals surface area contributed by atoms with E-state index in [4.69, 9.17) is 5.73 Å². The smallest absolute Gasteiger partial charge is 0.0349 e. The second-order valence-electron chi connectivity index (χ2n) is 3.28. The number of anilines is 1. The first-order valence-corrected chi connectivity index (χ1v) is 6.16. The molecule has 0 unspecified atom stereocenters. The van der Waals surface area contributed by atoms with Crippen LogP contribution >= 0.6 is 0 Å². The molecule has 0 atom stereocenters. The van der Waals surface area contributed by atoms with Crippen molar-refractivity contribution < 1.29 is 0 Å². The average molecular weight is 207 g/mol. The highest BCUT2D eigenvalue weighted by molar-refractivity contribution is 5.55. The topological polar surface area (TPSA) is 26.0 Å². The molecule has 1 aliphatic rings. The molecule has 0 radical (unpaired) electrons. The Kier molecular flexibility index (Phi) is 6.85. The molecule has 1 aromatic rings. The molecule has 0 saturated heterocycles. The van der Waals surface area contributed by atoms with Crippen LogP contribution in [0.25, 0.3) is 0 Å². The lowest BCUT2D eigenvalue weighted by molar-refractivity contribution is 0.910. The van der Waals surface area contributed by atoms with E-state index in [1.807, 2.05) is 33.8 Å². The third-order valence-electron chi connectivity index (χ3n) is 2.56. The van der Waals surface area contributed by atoms with Gasteiger partial charge < -0.3 is 5.73 Å². The summed E-state index contributed by atoms with van der Waals surface area (Å²) in [6.45, 7) is 10.2. The summed E-state index contributed by atoms with van der Waals surface area (Å²) in [4.78, 5) is 0. The summed E-state index contributed by atoms with van der Waals surface area (Å²) in [5.41, 5.74) is 11.2. The number of nitrogens with two attached hydrogens (primary N) is 1. The van der Waals surface area contributed by atoms with Crippen molar-refractivity contribution in [3.8, 4) is 0 Å². The first kappa shape index (κ1) is 14.0. The van der Waals surface area contributed by atoms with Crippen molar-refractivity contribution in [3.63, 3.8) is 0 Å². The van der Waals surface area contributed by atoms with Crippen LogP contribution in [0, 0.1) is 6.92 Å². The number of rotatable bonds is 0. The Morgan fingerprint density at radius 3 is 2.00 bits per heavy atom. The molecule has 15 heavy (non-hydrogen) atoms. The molecule has 0 spiro atoms. The summed E-state index contributed by atoms with van der Waals surface area (Å²) in [6.07, 6.45) is 3.69. The average Bonchev–Trinajstić information content (AvgIpc) is 2.79. The van der Waals surface area contributed by atoms with Crippen LogP contribution in [0.3, 0.4) is 0 Å². The lowest BCUT2D eigenvalue weighted by Gasteiger charge is -2.05. The summed E-state index contributed by atoms with van der Waals surface area (Å²) >= 11 is 0. The fourth-order valence-electron chi connectivity index (χ4n) is 1.91. The van der Waals surface area contributed by atoms with Gasteiger partial charge in [-0.25, -0.2) is 0 Å². The first-order valence-electron chi connectivity index (χ1n) is 6.16. The molecular formula is C14H25N. The van der Waals surface area contributed by atoms with Crippen LogP contribution in [0.5, 0.6) is 0 Å². The van der Waals surface area contributed by atoms with Crippen LogP contribution in [0.4, 0.5) is 5.69 Å². The third-order valence-corrected chi connectivity index (χ3v) is 2.56. The zero-order chi connectivity index (χ0) is 11.8. The van der Waals surface area contributed by atoms with Crippen molar-refractivity contribution in [1.29, 1.82) is 0 Å². The molecule has 1 heteroatoms. The normalized spacial score (nSPS) is 11.8. The minimum atomic E-state index is 0.989. The highest BCUT2D eigenvalue weighted by Crippen LogP contribution is 2.29. The molecule has 2 rings (SSSR count). The van der Waals surface area contributed by atoms with E-state index in [1.54, 1.807) is 0 Å². The molecule has 1 aliphatic carbocycles. The molecule has 0 aromatic heterocycles. The van der Waals surface area contributed by atoms with Gasteiger partial charge in [-0.1, -0.05) is 33.8 Å². The molecule has 86 valence electrons. The molecule has 1 aromatic carbocycles. The van der Waals surface area contributed by atoms with E-state index >= 15 is 0 Å². The number of fused-ring (bicyclic) bond motifs is 1. The van der Waals surface area contributed by atoms with E-state index in [2.05, 4.69) is 13.0 Å². The number of nitrogen functional groups attached to an aromatic ring is 1. The van der Waals surface area contributed by atoms with E-state index in [9.17, 15) is 0 Å². The summed E-state index contributed by atoms with van der Waals surface area (Å²) in [5.74, 6) is 0. The number of benzene rings is 1. The Labute approximate surface area is 94.7 Å². The summed E-state index contributed by atoms with van der Waals surface area (Å²) in [6, 6.07) is 4.15. The summed E-state index contributed by atoms with van der Waals surface area (Å²) in [5, 5.41) is 0. The van der Waals surface area contributed by atoms with Gasteiger partial charge in [0.25, 0.3) is 0 Å². The van der Waals surface area contributed by atoms with Crippen LogP contribution < -0.4 is 5.73 Å². The number of hydrogen-bond acceptors (Lipinski definition) is 1. The van der Waals surface area contributed by atoms with Gasteiger partial charge in [-0.3, -0.25) is 0 Å². The number of aryl methyl sites for hydroxylation is 1. The third kappa shape index (κ3) is 3.26.